The largest absolute Gasteiger partial charge is 0.356 e. The zero-order valence-electron chi connectivity index (χ0n) is 13.9. The van der Waals surface area contributed by atoms with Crippen molar-refractivity contribution in [1.82, 2.24) is 20.4 Å². The summed E-state index contributed by atoms with van der Waals surface area (Å²) >= 11 is 0. The Morgan fingerprint density at radius 3 is 2.64 bits per heavy atom. The predicted molar refractivity (Wildman–Crippen MR) is 86.5 cm³/mol. The molecule has 0 saturated carbocycles. The summed E-state index contributed by atoms with van der Waals surface area (Å²) in [7, 11) is 0. The highest BCUT2D eigenvalue weighted by Gasteiger charge is 2.30. The van der Waals surface area contributed by atoms with Crippen molar-refractivity contribution in [3.63, 3.8) is 0 Å². The number of carbonyl (C=O) groups excluding carboxylic acids is 2. The summed E-state index contributed by atoms with van der Waals surface area (Å²) in [6, 6.07) is 0.515. The van der Waals surface area contributed by atoms with Gasteiger partial charge in [0.05, 0.1) is 0 Å². The molecule has 2 rings (SSSR count). The lowest BCUT2D eigenvalue weighted by Gasteiger charge is -2.32. The second-order valence-corrected chi connectivity index (χ2v) is 6.77. The van der Waals surface area contributed by atoms with Gasteiger partial charge in [0.1, 0.15) is 0 Å². The summed E-state index contributed by atoms with van der Waals surface area (Å²) in [5.41, 5.74) is 0. The maximum absolute atomic E-state index is 12.2. The highest BCUT2D eigenvalue weighted by molar-refractivity contribution is 5.79. The minimum absolute atomic E-state index is 0.0444. The van der Waals surface area contributed by atoms with E-state index < -0.39 is 0 Å². The number of rotatable bonds is 6. The summed E-state index contributed by atoms with van der Waals surface area (Å²) in [6.45, 7) is 10.5. The SMILES string of the molecule is CC(C)CC(=O)NCCC(=O)N1CCC(N2CCNCC2)C1. The molecule has 6 nitrogen and oxygen atoms in total. The van der Waals surface area contributed by atoms with Crippen LogP contribution in [0.3, 0.4) is 0 Å². The zero-order valence-corrected chi connectivity index (χ0v) is 13.9. The van der Waals surface area contributed by atoms with Gasteiger partial charge in [-0.15, -0.1) is 0 Å². The van der Waals surface area contributed by atoms with E-state index in [2.05, 4.69) is 15.5 Å². The molecule has 0 aliphatic carbocycles. The number of nitrogens with zero attached hydrogens (tertiary/aromatic N) is 2. The summed E-state index contributed by atoms with van der Waals surface area (Å²) in [5, 5.41) is 6.20. The quantitative estimate of drug-likeness (QED) is 0.727. The number of carbonyl (C=O) groups is 2. The van der Waals surface area contributed by atoms with E-state index >= 15 is 0 Å². The monoisotopic (exact) mass is 310 g/mol. The Labute approximate surface area is 133 Å². The van der Waals surface area contributed by atoms with Crippen LogP contribution in [0.5, 0.6) is 0 Å². The highest BCUT2D eigenvalue weighted by Crippen LogP contribution is 2.16. The molecule has 0 bridgehead atoms. The van der Waals surface area contributed by atoms with Gasteiger partial charge in [0.2, 0.25) is 11.8 Å². The standard InChI is InChI=1S/C16H30N4O2/c1-13(2)11-15(21)18-5-3-16(22)20-8-4-14(12-20)19-9-6-17-7-10-19/h13-14,17H,3-12H2,1-2H3,(H,18,21). The van der Waals surface area contributed by atoms with Crippen molar-refractivity contribution in [2.45, 2.75) is 39.2 Å². The van der Waals surface area contributed by atoms with E-state index in [0.717, 1.165) is 45.7 Å². The molecule has 0 spiro atoms. The van der Waals surface area contributed by atoms with Crippen molar-refractivity contribution in [1.29, 1.82) is 0 Å². The second-order valence-electron chi connectivity index (χ2n) is 6.77. The Hall–Kier alpha value is -1.14. The third-order valence-electron chi connectivity index (χ3n) is 4.44. The normalized spacial score (nSPS) is 23.0. The molecule has 2 saturated heterocycles. The van der Waals surface area contributed by atoms with Gasteiger partial charge in [-0.3, -0.25) is 14.5 Å². The molecule has 2 fully saturated rings. The van der Waals surface area contributed by atoms with E-state index in [-0.39, 0.29) is 11.8 Å². The van der Waals surface area contributed by atoms with E-state index in [4.69, 9.17) is 0 Å². The number of hydrogen-bond acceptors (Lipinski definition) is 4. The molecule has 2 N–H and O–H groups in total. The average Bonchev–Trinajstić information content (AvgIpc) is 2.97. The Bertz CT molecular complexity index is 380. The van der Waals surface area contributed by atoms with Crippen LogP contribution in [0.25, 0.3) is 0 Å². The molecule has 0 radical (unpaired) electrons. The van der Waals surface area contributed by atoms with Gasteiger partial charge in [0.25, 0.3) is 0 Å². The van der Waals surface area contributed by atoms with Gasteiger partial charge in [0, 0.05) is 64.7 Å². The summed E-state index contributed by atoms with van der Waals surface area (Å²) < 4.78 is 0. The van der Waals surface area contributed by atoms with Crippen LogP contribution in [-0.2, 0) is 9.59 Å². The topological polar surface area (TPSA) is 64.7 Å². The Balaban J connectivity index is 1.65. The first-order valence-corrected chi connectivity index (χ1v) is 8.55. The van der Waals surface area contributed by atoms with Crippen molar-refractivity contribution in [3.8, 4) is 0 Å². The van der Waals surface area contributed by atoms with Gasteiger partial charge < -0.3 is 15.5 Å². The van der Waals surface area contributed by atoms with Crippen LogP contribution in [0.2, 0.25) is 0 Å². The highest BCUT2D eigenvalue weighted by atomic mass is 16.2. The van der Waals surface area contributed by atoms with Gasteiger partial charge >= 0.3 is 0 Å². The minimum Gasteiger partial charge on any atom is -0.356 e. The fraction of sp³-hybridized carbons (Fsp3) is 0.875. The molecular formula is C16H30N4O2. The van der Waals surface area contributed by atoms with Gasteiger partial charge in [-0.25, -0.2) is 0 Å². The van der Waals surface area contributed by atoms with Crippen LogP contribution < -0.4 is 10.6 Å². The lowest BCUT2D eigenvalue weighted by Crippen LogP contribution is -2.49. The van der Waals surface area contributed by atoms with Gasteiger partial charge in [0.15, 0.2) is 0 Å². The molecule has 126 valence electrons. The molecule has 1 atom stereocenters. The van der Waals surface area contributed by atoms with E-state index in [1.165, 1.54) is 0 Å². The first-order chi connectivity index (χ1) is 10.6. The molecule has 6 heteroatoms. The smallest absolute Gasteiger partial charge is 0.224 e. The number of likely N-dealkylation sites (tertiary alicyclic amines) is 1. The molecule has 2 amide bonds. The fourth-order valence-electron chi connectivity index (χ4n) is 3.22. The van der Waals surface area contributed by atoms with Crippen molar-refractivity contribution in [3.05, 3.63) is 0 Å². The maximum Gasteiger partial charge on any atom is 0.224 e. The molecule has 2 aliphatic heterocycles. The van der Waals surface area contributed by atoms with E-state index in [0.29, 0.717) is 31.3 Å². The van der Waals surface area contributed by atoms with Crippen LogP contribution in [0.1, 0.15) is 33.1 Å². The number of nitrogens with one attached hydrogen (secondary N) is 2. The maximum atomic E-state index is 12.2. The third-order valence-corrected chi connectivity index (χ3v) is 4.44. The molecule has 2 heterocycles. The molecule has 0 aromatic carbocycles. The second kappa shape index (κ2) is 8.48. The first-order valence-electron chi connectivity index (χ1n) is 8.55. The lowest BCUT2D eigenvalue weighted by atomic mass is 10.1. The third kappa shape index (κ3) is 5.25. The molecular weight excluding hydrogens is 280 g/mol. The average molecular weight is 310 g/mol. The van der Waals surface area contributed by atoms with Crippen LogP contribution in [-0.4, -0.2) is 73.5 Å². The van der Waals surface area contributed by atoms with Gasteiger partial charge in [-0.2, -0.15) is 0 Å². The van der Waals surface area contributed by atoms with Gasteiger partial charge in [-0.05, 0) is 12.3 Å². The van der Waals surface area contributed by atoms with Crippen LogP contribution in [0.4, 0.5) is 0 Å². The lowest BCUT2D eigenvalue weighted by molar-refractivity contribution is -0.130. The van der Waals surface area contributed by atoms with Crippen LogP contribution in [0.15, 0.2) is 0 Å². The zero-order chi connectivity index (χ0) is 15.9. The van der Waals surface area contributed by atoms with Crippen molar-refractivity contribution >= 4 is 11.8 Å². The summed E-state index contributed by atoms with van der Waals surface area (Å²) in [6.07, 6.45) is 2.02. The predicted octanol–water partition coefficient (Wildman–Crippen LogP) is 0.0449. The molecule has 2 aliphatic rings. The van der Waals surface area contributed by atoms with E-state index in [1.54, 1.807) is 0 Å². The minimum atomic E-state index is 0.0444. The summed E-state index contributed by atoms with van der Waals surface area (Å²) in [4.78, 5) is 28.2. The van der Waals surface area contributed by atoms with Crippen molar-refractivity contribution < 1.29 is 9.59 Å². The van der Waals surface area contributed by atoms with Crippen LogP contribution >= 0.6 is 0 Å². The Kier molecular flexibility index (Phi) is 6.64. The number of piperazine rings is 1. The van der Waals surface area contributed by atoms with E-state index in [9.17, 15) is 9.59 Å². The van der Waals surface area contributed by atoms with Crippen LogP contribution in [0, 0.1) is 5.92 Å². The van der Waals surface area contributed by atoms with Crippen molar-refractivity contribution in [2.75, 3.05) is 45.8 Å². The van der Waals surface area contributed by atoms with Crippen molar-refractivity contribution in [2.24, 2.45) is 5.92 Å². The number of amides is 2. The summed E-state index contributed by atoms with van der Waals surface area (Å²) in [5.74, 6) is 0.569. The van der Waals surface area contributed by atoms with E-state index in [1.807, 2.05) is 18.7 Å². The number of hydrogen-bond donors (Lipinski definition) is 2. The molecule has 0 aromatic heterocycles. The molecule has 0 aromatic rings. The van der Waals surface area contributed by atoms with Gasteiger partial charge in [-0.1, -0.05) is 13.8 Å². The molecule has 1 unspecified atom stereocenters. The Morgan fingerprint density at radius 2 is 1.95 bits per heavy atom. The fourth-order valence-corrected chi connectivity index (χ4v) is 3.22. The first kappa shape index (κ1) is 17.2. The molecule has 22 heavy (non-hydrogen) atoms. The Morgan fingerprint density at radius 1 is 1.23 bits per heavy atom.